The van der Waals surface area contributed by atoms with Gasteiger partial charge in [-0.2, -0.15) is 0 Å². The molecule has 1 heterocycles. The Morgan fingerprint density at radius 3 is 2.59 bits per heavy atom. The molecule has 17 heavy (non-hydrogen) atoms. The van der Waals surface area contributed by atoms with Gasteiger partial charge < -0.3 is 9.47 Å². The predicted molar refractivity (Wildman–Crippen MR) is 70.9 cm³/mol. The molecule has 1 aliphatic rings. The lowest BCUT2D eigenvalue weighted by atomic mass is 10.3. The molecule has 1 aliphatic heterocycles. The van der Waals surface area contributed by atoms with Crippen LogP contribution in [0, 0.1) is 0 Å². The smallest absolute Gasteiger partial charge is 0.118 e. The van der Waals surface area contributed by atoms with E-state index in [0.29, 0.717) is 6.61 Å². The van der Waals surface area contributed by atoms with Crippen LogP contribution >= 0.6 is 0 Å². The molecule has 0 aromatic rings. The molecular formula is C14H23NO2. The Morgan fingerprint density at radius 1 is 1.29 bits per heavy atom. The molecule has 1 saturated heterocycles. The van der Waals surface area contributed by atoms with Gasteiger partial charge in [-0.05, 0) is 26.0 Å². The summed E-state index contributed by atoms with van der Waals surface area (Å²) in [5.41, 5.74) is 1.25. The number of allylic oxidation sites excluding steroid dienone is 4. The van der Waals surface area contributed by atoms with Crippen LogP contribution in [0.2, 0.25) is 0 Å². The van der Waals surface area contributed by atoms with Crippen molar-refractivity contribution in [2.45, 2.75) is 13.8 Å². The maximum absolute atomic E-state index is 5.66. The molecular weight excluding hydrogens is 214 g/mol. The van der Waals surface area contributed by atoms with Crippen LogP contribution in [0.25, 0.3) is 0 Å². The maximum Gasteiger partial charge on any atom is 0.118 e. The standard InChI is InChI=1S/C14H23NO2/c1-4-14(6-5-13(2)3)17-12-9-15-7-10-16-11-8-15/h4-6H,1,7-12H2,2-3H3/b14-6+. The van der Waals surface area contributed by atoms with Gasteiger partial charge in [-0.25, -0.2) is 0 Å². The van der Waals surface area contributed by atoms with Crippen LogP contribution in [0.3, 0.4) is 0 Å². The highest BCUT2D eigenvalue weighted by Gasteiger charge is 2.09. The molecule has 3 nitrogen and oxygen atoms in total. The molecule has 0 saturated carbocycles. The van der Waals surface area contributed by atoms with Crippen molar-refractivity contribution in [3.8, 4) is 0 Å². The van der Waals surface area contributed by atoms with E-state index in [0.717, 1.165) is 38.6 Å². The quantitative estimate of drug-likeness (QED) is 0.523. The summed E-state index contributed by atoms with van der Waals surface area (Å²) in [7, 11) is 0. The Labute approximate surface area is 104 Å². The highest BCUT2D eigenvalue weighted by molar-refractivity contribution is 5.18. The van der Waals surface area contributed by atoms with E-state index >= 15 is 0 Å². The zero-order valence-corrected chi connectivity index (χ0v) is 10.9. The van der Waals surface area contributed by atoms with Crippen molar-refractivity contribution in [2.75, 3.05) is 39.5 Å². The van der Waals surface area contributed by atoms with Crippen molar-refractivity contribution in [3.05, 3.63) is 36.1 Å². The molecule has 0 N–H and O–H groups in total. The van der Waals surface area contributed by atoms with Crippen molar-refractivity contribution < 1.29 is 9.47 Å². The van der Waals surface area contributed by atoms with Gasteiger partial charge in [0.15, 0.2) is 0 Å². The van der Waals surface area contributed by atoms with Crippen molar-refractivity contribution >= 4 is 0 Å². The van der Waals surface area contributed by atoms with Gasteiger partial charge in [-0.3, -0.25) is 4.90 Å². The van der Waals surface area contributed by atoms with E-state index in [-0.39, 0.29) is 0 Å². The van der Waals surface area contributed by atoms with Crippen LogP contribution in [0.5, 0.6) is 0 Å². The fourth-order valence-electron chi connectivity index (χ4n) is 1.54. The van der Waals surface area contributed by atoms with E-state index in [9.17, 15) is 0 Å². The third-order valence-electron chi connectivity index (χ3n) is 2.56. The zero-order valence-electron chi connectivity index (χ0n) is 10.9. The Balaban J connectivity index is 2.25. The third kappa shape index (κ3) is 6.29. The summed E-state index contributed by atoms with van der Waals surface area (Å²) in [4.78, 5) is 2.35. The second-order valence-electron chi connectivity index (χ2n) is 4.32. The molecule has 3 heteroatoms. The summed E-state index contributed by atoms with van der Waals surface area (Å²) in [6.07, 6.45) is 5.74. The van der Waals surface area contributed by atoms with Crippen LogP contribution in [-0.2, 0) is 9.47 Å². The van der Waals surface area contributed by atoms with E-state index in [4.69, 9.17) is 9.47 Å². The van der Waals surface area contributed by atoms with Crippen molar-refractivity contribution in [2.24, 2.45) is 0 Å². The summed E-state index contributed by atoms with van der Waals surface area (Å²) < 4.78 is 11.0. The number of hydrogen-bond donors (Lipinski definition) is 0. The second-order valence-corrected chi connectivity index (χ2v) is 4.32. The molecule has 0 aromatic carbocycles. The van der Waals surface area contributed by atoms with Gasteiger partial charge in [0.1, 0.15) is 12.4 Å². The van der Waals surface area contributed by atoms with Gasteiger partial charge in [0.25, 0.3) is 0 Å². The topological polar surface area (TPSA) is 21.7 Å². The first-order chi connectivity index (χ1) is 8.22. The molecule has 0 aromatic heterocycles. The van der Waals surface area contributed by atoms with Gasteiger partial charge in [-0.15, -0.1) is 0 Å². The fourth-order valence-corrected chi connectivity index (χ4v) is 1.54. The molecule has 0 unspecified atom stereocenters. The summed E-state index contributed by atoms with van der Waals surface area (Å²) in [6.45, 7) is 13.2. The average Bonchev–Trinajstić information content (AvgIpc) is 2.34. The summed E-state index contributed by atoms with van der Waals surface area (Å²) in [5.74, 6) is 0.833. The minimum Gasteiger partial charge on any atom is -0.492 e. The Bertz CT molecular complexity index is 285. The van der Waals surface area contributed by atoms with Crippen LogP contribution < -0.4 is 0 Å². The maximum atomic E-state index is 5.66. The first kappa shape index (κ1) is 14.0. The highest BCUT2D eigenvalue weighted by Crippen LogP contribution is 2.03. The van der Waals surface area contributed by atoms with Crippen LogP contribution in [0.4, 0.5) is 0 Å². The SMILES string of the molecule is C=C/C(=C\C=C(C)C)OCCN1CCOCC1. The predicted octanol–water partition coefficient (Wildman–Crippen LogP) is 2.37. The lowest BCUT2D eigenvalue weighted by molar-refractivity contribution is 0.0281. The molecule has 1 rings (SSSR count). The molecule has 1 fully saturated rings. The molecule has 0 atom stereocenters. The number of ether oxygens (including phenoxy) is 2. The van der Waals surface area contributed by atoms with Crippen LogP contribution in [-0.4, -0.2) is 44.4 Å². The lowest BCUT2D eigenvalue weighted by Gasteiger charge is -2.26. The molecule has 96 valence electrons. The van der Waals surface area contributed by atoms with E-state index < -0.39 is 0 Å². The van der Waals surface area contributed by atoms with Gasteiger partial charge in [0.05, 0.1) is 13.2 Å². The minimum absolute atomic E-state index is 0.703. The first-order valence-electron chi connectivity index (χ1n) is 6.13. The van der Waals surface area contributed by atoms with Gasteiger partial charge in [-0.1, -0.05) is 18.2 Å². The van der Waals surface area contributed by atoms with Crippen molar-refractivity contribution in [3.63, 3.8) is 0 Å². The first-order valence-corrected chi connectivity index (χ1v) is 6.13. The summed E-state index contributed by atoms with van der Waals surface area (Å²) >= 11 is 0. The van der Waals surface area contributed by atoms with E-state index in [1.807, 2.05) is 12.2 Å². The number of rotatable bonds is 6. The van der Waals surface area contributed by atoms with E-state index in [1.54, 1.807) is 6.08 Å². The Kier molecular flexibility index (Phi) is 6.67. The van der Waals surface area contributed by atoms with E-state index in [2.05, 4.69) is 25.3 Å². The molecule has 0 radical (unpaired) electrons. The van der Waals surface area contributed by atoms with Gasteiger partial charge >= 0.3 is 0 Å². The normalized spacial score (nSPS) is 17.6. The lowest BCUT2D eigenvalue weighted by Crippen LogP contribution is -2.38. The molecule has 0 bridgehead atoms. The second kappa shape index (κ2) is 8.09. The molecule has 0 spiro atoms. The molecule has 0 amide bonds. The largest absolute Gasteiger partial charge is 0.492 e. The number of hydrogen-bond acceptors (Lipinski definition) is 3. The monoisotopic (exact) mass is 237 g/mol. The summed E-state index contributed by atoms with van der Waals surface area (Å²) in [6, 6.07) is 0. The van der Waals surface area contributed by atoms with Crippen LogP contribution in [0.1, 0.15) is 13.8 Å². The van der Waals surface area contributed by atoms with Crippen molar-refractivity contribution in [1.29, 1.82) is 0 Å². The zero-order chi connectivity index (χ0) is 12.5. The summed E-state index contributed by atoms with van der Waals surface area (Å²) in [5, 5.41) is 0. The van der Waals surface area contributed by atoms with Crippen LogP contribution in [0.15, 0.2) is 36.1 Å². The minimum atomic E-state index is 0.703. The Morgan fingerprint density at radius 2 is 2.00 bits per heavy atom. The average molecular weight is 237 g/mol. The van der Waals surface area contributed by atoms with Gasteiger partial charge in [0, 0.05) is 19.6 Å². The highest BCUT2D eigenvalue weighted by atomic mass is 16.5. The third-order valence-corrected chi connectivity index (χ3v) is 2.56. The fraction of sp³-hybridized carbons (Fsp3) is 0.571. The Hall–Kier alpha value is -1.06. The van der Waals surface area contributed by atoms with E-state index in [1.165, 1.54) is 5.57 Å². The molecule has 0 aliphatic carbocycles. The van der Waals surface area contributed by atoms with Crippen molar-refractivity contribution in [1.82, 2.24) is 4.90 Å². The number of morpholine rings is 1. The number of nitrogens with zero attached hydrogens (tertiary/aromatic N) is 1. The van der Waals surface area contributed by atoms with Gasteiger partial charge in [0.2, 0.25) is 0 Å².